The lowest BCUT2D eigenvalue weighted by molar-refractivity contribution is 0.101. The van der Waals surface area contributed by atoms with Crippen LogP contribution in [0.2, 0.25) is 0 Å². The smallest absolute Gasteiger partial charge is 0.280 e. The molecule has 6 nitrogen and oxygen atoms in total. The van der Waals surface area contributed by atoms with Gasteiger partial charge in [-0.3, -0.25) is 14.3 Å². The van der Waals surface area contributed by atoms with Gasteiger partial charge in [0.15, 0.2) is 5.69 Å². The van der Waals surface area contributed by atoms with Crippen molar-refractivity contribution in [1.29, 1.82) is 0 Å². The predicted molar refractivity (Wildman–Crippen MR) is 86.5 cm³/mol. The lowest BCUT2D eigenvalue weighted by Gasteiger charge is -2.08. The molecule has 0 aliphatic heterocycles. The molecule has 0 aliphatic rings. The first kappa shape index (κ1) is 14.4. The number of anilines is 1. The van der Waals surface area contributed by atoms with Crippen LogP contribution in [0.15, 0.2) is 29.1 Å². The van der Waals surface area contributed by atoms with E-state index in [0.29, 0.717) is 16.6 Å². The zero-order chi connectivity index (χ0) is 15.9. The molecule has 22 heavy (non-hydrogen) atoms. The van der Waals surface area contributed by atoms with Crippen molar-refractivity contribution in [3.63, 3.8) is 0 Å². The SMILES string of the molecule is Cc1nsc(C)c1NC(=O)c1nn(C)c2ccccc2c1=O. The van der Waals surface area contributed by atoms with Crippen LogP contribution in [-0.2, 0) is 7.05 Å². The molecule has 2 heterocycles. The summed E-state index contributed by atoms with van der Waals surface area (Å²) >= 11 is 1.31. The van der Waals surface area contributed by atoms with Crippen molar-refractivity contribution in [2.24, 2.45) is 7.05 Å². The first-order valence-corrected chi connectivity index (χ1v) is 7.46. The summed E-state index contributed by atoms with van der Waals surface area (Å²) in [5.74, 6) is -0.516. The normalized spacial score (nSPS) is 10.9. The largest absolute Gasteiger partial charge is 0.318 e. The summed E-state index contributed by atoms with van der Waals surface area (Å²) in [6, 6.07) is 7.08. The van der Waals surface area contributed by atoms with Gasteiger partial charge in [-0.15, -0.1) is 0 Å². The van der Waals surface area contributed by atoms with E-state index in [9.17, 15) is 9.59 Å². The van der Waals surface area contributed by atoms with Crippen LogP contribution in [0.25, 0.3) is 10.9 Å². The molecule has 0 saturated heterocycles. The maximum Gasteiger partial charge on any atom is 0.280 e. The number of nitrogens with one attached hydrogen (secondary N) is 1. The number of carbonyl (C=O) groups excluding carboxylic acids is 1. The average molecular weight is 314 g/mol. The highest BCUT2D eigenvalue weighted by atomic mass is 32.1. The van der Waals surface area contributed by atoms with Crippen molar-refractivity contribution >= 4 is 34.0 Å². The van der Waals surface area contributed by atoms with Crippen LogP contribution < -0.4 is 10.7 Å². The number of benzene rings is 1. The van der Waals surface area contributed by atoms with E-state index in [1.54, 1.807) is 25.2 Å². The van der Waals surface area contributed by atoms with Gasteiger partial charge in [0, 0.05) is 17.3 Å². The van der Waals surface area contributed by atoms with Crippen molar-refractivity contribution in [2.75, 3.05) is 5.32 Å². The first-order valence-electron chi connectivity index (χ1n) is 6.69. The lowest BCUT2D eigenvalue weighted by atomic mass is 10.2. The van der Waals surface area contributed by atoms with E-state index in [2.05, 4.69) is 14.8 Å². The van der Waals surface area contributed by atoms with Gasteiger partial charge >= 0.3 is 0 Å². The molecule has 0 bridgehead atoms. The van der Waals surface area contributed by atoms with Crippen molar-refractivity contribution < 1.29 is 4.79 Å². The van der Waals surface area contributed by atoms with Gasteiger partial charge < -0.3 is 5.32 Å². The van der Waals surface area contributed by atoms with E-state index < -0.39 is 5.91 Å². The number of amides is 1. The Kier molecular flexibility index (Phi) is 3.50. The minimum absolute atomic E-state index is 0.119. The molecule has 0 radical (unpaired) electrons. The van der Waals surface area contributed by atoms with E-state index in [1.807, 2.05) is 19.9 Å². The predicted octanol–water partition coefficient (Wildman–Crippen LogP) is 2.26. The van der Waals surface area contributed by atoms with Gasteiger partial charge in [-0.1, -0.05) is 12.1 Å². The number of aromatic nitrogens is 3. The van der Waals surface area contributed by atoms with Gasteiger partial charge in [0.25, 0.3) is 5.91 Å². The molecule has 1 N–H and O–H groups in total. The molecule has 0 atom stereocenters. The third-order valence-electron chi connectivity index (χ3n) is 3.45. The topological polar surface area (TPSA) is 76.9 Å². The number of para-hydroxylation sites is 1. The van der Waals surface area contributed by atoms with Crippen LogP contribution in [0.5, 0.6) is 0 Å². The van der Waals surface area contributed by atoms with Gasteiger partial charge in [0.1, 0.15) is 0 Å². The summed E-state index contributed by atoms with van der Waals surface area (Å²) in [6.07, 6.45) is 0. The second kappa shape index (κ2) is 5.34. The number of fused-ring (bicyclic) bond motifs is 1. The Balaban J connectivity index is 2.09. The molecule has 1 aromatic carbocycles. The average Bonchev–Trinajstić information content (AvgIpc) is 2.82. The van der Waals surface area contributed by atoms with Crippen LogP contribution in [0, 0.1) is 13.8 Å². The Bertz CT molecular complexity index is 923. The molecular formula is C15H14N4O2S. The summed E-state index contributed by atoms with van der Waals surface area (Å²) < 4.78 is 5.71. The van der Waals surface area contributed by atoms with Crippen LogP contribution in [0.1, 0.15) is 21.1 Å². The standard InChI is InChI=1S/C15H14N4O2S/c1-8-12(9(2)22-18-8)16-15(21)13-14(20)10-6-4-5-7-11(10)19(3)17-13/h4-7H,1-3H3,(H,16,21). The van der Waals surface area contributed by atoms with E-state index in [4.69, 9.17) is 0 Å². The fourth-order valence-electron chi connectivity index (χ4n) is 2.31. The van der Waals surface area contributed by atoms with Gasteiger partial charge in [0.2, 0.25) is 5.43 Å². The molecule has 0 unspecified atom stereocenters. The Morgan fingerprint density at radius 1 is 1.27 bits per heavy atom. The van der Waals surface area contributed by atoms with Crippen LogP contribution in [0.4, 0.5) is 5.69 Å². The fraction of sp³-hybridized carbons (Fsp3) is 0.200. The van der Waals surface area contributed by atoms with Crippen molar-refractivity contribution in [3.05, 3.63) is 50.8 Å². The molecule has 3 rings (SSSR count). The monoisotopic (exact) mass is 314 g/mol. The van der Waals surface area contributed by atoms with E-state index in [0.717, 1.165) is 10.6 Å². The van der Waals surface area contributed by atoms with Gasteiger partial charge in [0.05, 0.1) is 16.9 Å². The molecule has 0 fully saturated rings. The highest BCUT2D eigenvalue weighted by Gasteiger charge is 2.18. The Labute approximate surface area is 130 Å². The van der Waals surface area contributed by atoms with Crippen LogP contribution in [0.3, 0.4) is 0 Å². The first-order chi connectivity index (χ1) is 10.5. The molecule has 3 aromatic rings. The van der Waals surface area contributed by atoms with E-state index in [1.165, 1.54) is 16.2 Å². The van der Waals surface area contributed by atoms with Crippen LogP contribution in [-0.4, -0.2) is 20.1 Å². The summed E-state index contributed by atoms with van der Waals surface area (Å²) in [5.41, 5.74) is 1.57. The number of hydrogen-bond donors (Lipinski definition) is 1. The van der Waals surface area contributed by atoms with E-state index >= 15 is 0 Å². The molecular weight excluding hydrogens is 300 g/mol. The quantitative estimate of drug-likeness (QED) is 0.787. The fourth-order valence-corrected chi connectivity index (χ4v) is 2.96. The second-order valence-corrected chi connectivity index (χ2v) is 5.95. The van der Waals surface area contributed by atoms with Gasteiger partial charge in [-0.2, -0.15) is 9.47 Å². The summed E-state index contributed by atoms with van der Waals surface area (Å²) in [5, 5.41) is 7.33. The highest BCUT2D eigenvalue weighted by molar-refractivity contribution is 7.06. The van der Waals surface area contributed by atoms with Gasteiger partial charge in [-0.25, -0.2) is 0 Å². The summed E-state index contributed by atoms with van der Waals surface area (Å²) in [4.78, 5) is 25.8. The van der Waals surface area contributed by atoms with E-state index in [-0.39, 0.29) is 11.1 Å². The van der Waals surface area contributed by atoms with Crippen LogP contribution >= 0.6 is 11.5 Å². The maximum atomic E-state index is 12.5. The minimum Gasteiger partial charge on any atom is -0.318 e. The minimum atomic E-state index is -0.516. The summed E-state index contributed by atoms with van der Waals surface area (Å²) in [6.45, 7) is 3.68. The zero-order valence-electron chi connectivity index (χ0n) is 12.4. The Hall–Kier alpha value is -2.54. The van der Waals surface area contributed by atoms with Gasteiger partial charge in [-0.05, 0) is 37.5 Å². The number of hydrogen-bond acceptors (Lipinski definition) is 5. The molecule has 112 valence electrons. The third kappa shape index (κ3) is 2.29. The Morgan fingerprint density at radius 2 is 2.00 bits per heavy atom. The Morgan fingerprint density at radius 3 is 2.68 bits per heavy atom. The zero-order valence-corrected chi connectivity index (χ0v) is 13.2. The summed E-state index contributed by atoms with van der Waals surface area (Å²) in [7, 11) is 1.71. The molecule has 0 aliphatic carbocycles. The van der Waals surface area contributed by atoms with Crippen molar-refractivity contribution in [1.82, 2.24) is 14.2 Å². The lowest BCUT2D eigenvalue weighted by Crippen LogP contribution is -2.26. The highest BCUT2D eigenvalue weighted by Crippen LogP contribution is 2.23. The molecule has 0 saturated carbocycles. The van der Waals surface area contributed by atoms with Crippen molar-refractivity contribution in [3.8, 4) is 0 Å². The number of rotatable bonds is 2. The number of carbonyl (C=O) groups is 1. The molecule has 1 amide bonds. The number of nitrogens with zero attached hydrogens (tertiary/aromatic N) is 3. The number of aryl methyl sites for hydroxylation is 3. The molecule has 2 aromatic heterocycles. The maximum absolute atomic E-state index is 12.5. The molecule has 0 spiro atoms. The third-order valence-corrected chi connectivity index (χ3v) is 4.29. The second-order valence-electron chi connectivity index (χ2n) is 4.97. The molecule has 7 heteroatoms. The van der Waals surface area contributed by atoms with Crippen molar-refractivity contribution in [2.45, 2.75) is 13.8 Å².